The Kier molecular flexibility index (Phi) is 10.4. The first-order chi connectivity index (χ1) is 21.1. The molecule has 11 nitrogen and oxygen atoms in total. The minimum atomic E-state index is -1.59. The van der Waals surface area contributed by atoms with Crippen LogP contribution in [-0.2, 0) is 14.3 Å². The van der Waals surface area contributed by atoms with Crippen molar-refractivity contribution < 1.29 is 34.2 Å². The maximum Gasteiger partial charge on any atom is 0.312 e. The Hall–Kier alpha value is -4.64. The number of aliphatic imine (C=N–C) groups is 1. The van der Waals surface area contributed by atoms with E-state index in [9.17, 15) is 29.9 Å². The Morgan fingerprint density at radius 2 is 1.82 bits per heavy atom. The zero-order chi connectivity index (χ0) is 31.9. The summed E-state index contributed by atoms with van der Waals surface area (Å²) in [6.07, 6.45) is 4.94. The number of carboxylic acids is 2. The molecule has 5 unspecified atom stereocenters. The van der Waals surface area contributed by atoms with Crippen LogP contribution in [0, 0.1) is 21.4 Å². The van der Waals surface area contributed by atoms with Crippen LogP contribution >= 0.6 is 0 Å². The van der Waals surface area contributed by atoms with E-state index in [0.717, 1.165) is 12.0 Å². The molecule has 0 amide bonds. The Morgan fingerprint density at radius 1 is 1.07 bits per heavy atom. The first kappa shape index (κ1) is 32.3. The zero-order valence-electron chi connectivity index (χ0n) is 25.0. The van der Waals surface area contributed by atoms with Crippen molar-refractivity contribution in [2.45, 2.75) is 64.5 Å². The van der Waals surface area contributed by atoms with E-state index in [0.29, 0.717) is 42.2 Å². The summed E-state index contributed by atoms with van der Waals surface area (Å²) >= 11 is 0. The Balaban J connectivity index is 1.47. The maximum atomic E-state index is 13.1. The van der Waals surface area contributed by atoms with Gasteiger partial charge in [-0.1, -0.05) is 31.2 Å². The summed E-state index contributed by atoms with van der Waals surface area (Å²) in [5, 5.41) is 32.4. The summed E-state index contributed by atoms with van der Waals surface area (Å²) in [4.78, 5) is 45.0. The Labute approximate surface area is 255 Å². The van der Waals surface area contributed by atoms with E-state index in [1.165, 1.54) is 18.2 Å². The Bertz CT molecular complexity index is 1490. The van der Waals surface area contributed by atoms with Gasteiger partial charge in [-0.05, 0) is 74.9 Å². The topological polar surface area (TPSA) is 161 Å². The Morgan fingerprint density at radius 3 is 2.43 bits per heavy atom. The van der Waals surface area contributed by atoms with Gasteiger partial charge in [-0.15, -0.1) is 0 Å². The molecule has 0 aliphatic carbocycles. The highest BCUT2D eigenvalue weighted by Gasteiger charge is 2.58. The second-order valence-electron chi connectivity index (χ2n) is 11.0. The van der Waals surface area contributed by atoms with Gasteiger partial charge in [0.25, 0.3) is 5.69 Å². The van der Waals surface area contributed by atoms with E-state index < -0.39 is 40.2 Å². The van der Waals surface area contributed by atoms with Crippen molar-refractivity contribution >= 4 is 23.3 Å². The van der Waals surface area contributed by atoms with Crippen molar-refractivity contribution in [2.75, 3.05) is 6.61 Å². The second-order valence-corrected chi connectivity index (χ2v) is 11.0. The number of benzene rings is 2. The molecule has 0 bridgehead atoms. The third kappa shape index (κ3) is 6.94. The number of aliphatic carboxylic acids is 2. The number of aromatic nitrogens is 1. The fourth-order valence-corrected chi connectivity index (χ4v) is 6.21. The van der Waals surface area contributed by atoms with Gasteiger partial charge in [-0.3, -0.25) is 29.7 Å². The lowest BCUT2D eigenvalue weighted by Gasteiger charge is -2.46. The first-order valence-electron chi connectivity index (χ1n) is 14.6. The lowest BCUT2D eigenvalue weighted by atomic mass is 9.58. The number of hydrogen-bond acceptors (Lipinski definition) is 8. The van der Waals surface area contributed by atoms with Crippen molar-refractivity contribution in [3.63, 3.8) is 0 Å². The quantitative estimate of drug-likeness (QED) is 0.114. The molecule has 0 radical (unpaired) electrons. The average Bonchev–Trinajstić information content (AvgIpc) is 3.00. The highest BCUT2D eigenvalue weighted by Crippen LogP contribution is 2.52. The largest absolute Gasteiger partial charge is 0.481 e. The predicted molar refractivity (Wildman–Crippen MR) is 163 cm³/mol. The highest BCUT2D eigenvalue weighted by molar-refractivity contribution is 6.03. The summed E-state index contributed by atoms with van der Waals surface area (Å²) in [5.41, 5.74) is -0.243. The number of unbranched alkanes of at least 4 members (excludes halogenated alkanes) is 1. The molecule has 0 saturated carbocycles. The van der Waals surface area contributed by atoms with Gasteiger partial charge in [0.2, 0.25) is 0 Å². The number of carboxylic acid groups (broad SMARTS) is 2. The van der Waals surface area contributed by atoms with Gasteiger partial charge in [0.15, 0.2) is 0 Å². The fourth-order valence-electron chi connectivity index (χ4n) is 6.21. The smallest absolute Gasteiger partial charge is 0.312 e. The van der Waals surface area contributed by atoms with Gasteiger partial charge in [-0.25, -0.2) is 0 Å². The molecule has 0 spiro atoms. The number of carbonyl (C=O) groups is 2. The highest BCUT2D eigenvalue weighted by atomic mass is 16.6. The molecule has 1 aliphatic heterocycles. The van der Waals surface area contributed by atoms with Gasteiger partial charge >= 0.3 is 11.9 Å². The number of rotatable bonds is 14. The third-order valence-electron chi connectivity index (χ3n) is 8.38. The van der Waals surface area contributed by atoms with Crippen LogP contribution in [0.3, 0.4) is 0 Å². The molecule has 5 atom stereocenters. The SMILES string of the molecule is CCC(OCCCCC1(C(=O)O)C(C)N=C(C)C(C(=O)O)C1c1cccc([N+](=O)[O-])c1)c1ccc(Oc2cccnc2)cc1. The minimum Gasteiger partial charge on any atom is -0.481 e. The second kappa shape index (κ2) is 14.2. The first-order valence-corrected chi connectivity index (χ1v) is 14.6. The number of hydrogen-bond donors (Lipinski definition) is 2. The monoisotopic (exact) mass is 603 g/mol. The molecule has 2 heterocycles. The number of nitro groups is 1. The number of nitro benzene ring substituents is 1. The molecule has 0 saturated heterocycles. The van der Waals surface area contributed by atoms with Crippen molar-refractivity contribution in [3.05, 3.63) is 94.3 Å². The van der Waals surface area contributed by atoms with Gasteiger partial charge in [-0.2, -0.15) is 0 Å². The normalized spacial score (nSPS) is 22.1. The van der Waals surface area contributed by atoms with E-state index in [1.54, 1.807) is 38.4 Å². The standard InChI is InChI=1S/C33H37N3O8/c1-4-28(23-12-14-26(15-13-23)44-27-11-8-17-34-20-27)43-18-6-5-16-33(32(39)40)22(3)35-21(2)29(31(37)38)30(33)24-9-7-10-25(19-24)36(41)42/h7-15,17,19-20,22,28-30H,4-6,16,18H2,1-3H3,(H,37,38)(H,39,40). The van der Waals surface area contributed by atoms with Crippen molar-refractivity contribution in [1.82, 2.24) is 4.98 Å². The van der Waals surface area contributed by atoms with Gasteiger partial charge in [0, 0.05) is 36.6 Å². The molecule has 3 aromatic rings. The van der Waals surface area contributed by atoms with Crippen LogP contribution in [0.5, 0.6) is 11.5 Å². The van der Waals surface area contributed by atoms with Gasteiger partial charge in [0.05, 0.1) is 28.7 Å². The molecule has 1 aromatic heterocycles. The summed E-state index contributed by atoms with van der Waals surface area (Å²) in [6.45, 7) is 5.62. The van der Waals surface area contributed by atoms with Crippen LogP contribution in [0.1, 0.15) is 69.6 Å². The molecule has 2 aromatic carbocycles. The van der Waals surface area contributed by atoms with Crippen LogP contribution in [0.25, 0.3) is 0 Å². The molecule has 0 fully saturated rings. The van der Waals surface area contributed by atoms with E-state index in [1.807, 2.05) is 37.3 Å². The van der Waals surface area contributed by atoms with Crippen molar-refractivity contribution in [2.24, 2.45) is 16.3 Å². The number of pyridine rings is 1. The maximum absolute atomic E-state index is 13.1. The van der Waals surface area contributed by atoms with E-state index >= 15 is 0 Å². The molecule has 2 N–H and O–H groups in total. The van der Waals surface area contributed by atoms with E-state index in [4.69, 9.17) is 9.47 Å². The average molecular weight is 604 g/mol. The summed E-state index contributed by atoms with van der Waals surface area (Å²) in [6, 6.07) is 16.1. The molecule has 1 aliphatic rings. The fraction of sp³-hybridized carbons (Fsp3) is 0.394. The summed E-state index contributed by atoms with van der Waals surface area (Å²) in [5.74, 6) is -3.38. The minimum absolute atomic E-state index is 0.123. The molecule has 11 heteroatoms. The molecule has 44 heavy (non-hydrogen) atoms. The lowest BCUT2D eigenvalue weighted by molar-refractivity contribution is -0.385. The number of nitrogens with zero attached hydrogens (tertiary/aromatic N) is 3. The van der Waals surface area contributed by atoms with E-state index in [-0.39, 0.29) is 18.2 Å². The molecule has 4 rings (SSSR count). The zero-order valence-corrected chi connectivity index (χ0v) is 25.0. The van der Waals surface area contributed by atoms with Crippen molar-refractivity contribution in [1.29, 1.82) is 0 Å². The molecular weight excluding hydrogens is 566 g/mol. The van der Waals surface area contributed by atoms with Gasteiger partial charge < -0.3 is 19.7 Å². The number of non-ortho nitro benzene ring substituents is 1. The van der Waals surface area contributed by atoms with Crippen LogP contribution in [-0.4, -0.2) is 50.4 Å². The third-order valence-corrected chi connectivity index (χ3v) is 8.38. The summed E-state index contributed by atoms with van der Waals surface area (Å²) < 4.78 is 12.0. The number of ether oxygens (including phenoxy) is 2. The summed E-state index contributed by atoms with van der Waals surface area (Å²) in [7, 11) is 0. The predicted octanol–water partition coefficient (Wildman–Crippen LogP) is 6.84. The van der Waals surface area contributed by atoms with Crippen LogP contribution in [0.4, 0.5) is 5.69 Å². The lowest BCUT2D eigenvalue weighted by Crippen LogP contribution is -2.54. The van der Waals surface area contributed by atoms with E-state index in [2.05, 4.69) is 9.98 Å². The van der Waals surface area contributed by atoms with Crippen molar-refractivity contribution in [3.8, 4) is 11.5 Å². The van der Waals surface area contributed by atoms with Crippen LogP contribution < -0.4 is 4.74 Å². The molecule has 232 valence electrons. The van der Waals surface area contributed by atoms with Gasteiger partial charge in [0.1, 0.15) is 17.4 Å². The van der Waals surface area contributed by atoms with Crippen LogP contribution in [0.15, 0.2) is 78.0 Å². The molecular formula is C33H37N3O8. The van der Waals surface area contributed by atoms with Crippen LogP contribution in [0.2, 0.25) is 0 Å².